The van der Waals surface area contributed by atoms with Crippen molar-refractivity contribution in [3.05, 3.63) is 29.1 Å². The quantitative estimate of drug-likeness (QED) is 0.624. The second-order valence-corrected chi connectivity index (χ2v) is 5.97. The summed E-state index contributed by atoms with van der Waals surface area (Å²) in [7, 11) is 0. The molecular weight excluding hydrogens is 208 g/mol. The van der Waals surface area contributed by atoms with Crippen LogP contribution in [0.1, 0.15) is 26.3 Å². The van der Waals surface area contributed by atoms with E-state index >= 15 is 0 Å². The fourth-order valence-electron chi connectivity index (χ4n) is 1.48. The molecule has 0 aliphatic rings. The molecule has 1 aromatic carbocycles. The van der Waals surface area contributed by atoms with E-state index in [1.807, 2.05) is 0 Å². The highest BCUT2D eigenvalue weighted by Crippen LogP contribution is 2.32. The Bertz CT molecular complexity index is 461. The molecule has 1 heterocycles. The van der Waals surface area contributed by atoms with Crippen LogP contribution < -0.4 is 0 Å². The van der Waals surface area contributed by atoms with Gasteiger partial charge in [-0.3, -0.25) is 0 Å². The van der Waals surface area contributed by atoms with Crippen molar-refractivity contribution in [1.82, 2.24) is 0 Å². The summed E-state index contributed by atoms with van der Waals surface area (Å²) in [5.41, 5.74) is 1.59. The topological polar surface area (TPSA) is 0 Å². The molecule has 0 spiro atoms. The van der Waals surface area contributed by atoms with Crippen molar-refractivity contribution in [3.63, 3.8) is 0 Å². The second kappa shape index (κ2) is 3.28. The first-order valence-electron chi connectivity index (χ1n) is 4.69. The Kier molecular flexibility index (Phi) is 2.36. The van der Waals surface area contributed by atoms with E-state index in [2.05, 4.69) is 57.0 Å². The van der Waals surface area contributed by atoms with E-state index in [0.29, 0.717) is 0 Å². The Morgan fingerprint density at radius 2 is 1.93 bits per heavy atom. The number of thiol groups is 1. The molecule has 0 unspecified atom stereocenters. The molecular formula is C12H14S2. The van der Waals surface area contributed by atoms with Crippen LogP contribution in [0.4, 0.5) is 0 Å². The molecule has 2 heteroatoms. The molecule has 0 aliphatic heterocycles. The standard InChI is InChI=1S/C12H14S2/c1-12(2,3)8-4-5-11-9(6-8)10(13)7-14-11/h4-7,13H,1-3H3. The van der Waals surface area contributed by atoms with E-state index in [0.717, 1.165) is 4.90 Å². The summed E-state index contributed by atoms with van der Waals surface area (Å²) in [6.07, 6.45) is 0. The number of hydrogen-bond donors (Lipinski definition) is 1. The van der Waals surface area contributed by atoms with Crippen molar-refractivity contribution in [1.29, 1.82) is 0 Å². The molecule has 0 nitrogen and oxygen atoms in total. The lowest BCUT2D eigenvalue weighted by molar-refractivity contribution is 0.591. The van der Waals surface area contributed by atoms with Gasteiger partial charge >= 0.3 is 0 Å². The van der Waals surface area contributed by atoms with Crippen LogP contribution >= 0.6 is 24.0 Å². The van der Waals surface area contributed by atoms with Crippen molar-refractivity contribution in [2.45, 2.75) is 31.1 Å². The van der Waals surface area contributed by atoms with Crippen molar-refractivity contribution >= 4 is 34.1 Å². The summed E-state index contributed by atoms with van der Waals surface area (Å²) in [6, 6.07) is 6.67. The summed E-state index contributed by atoms with van der Waals surface area (Å²) in [5.74, 6) is 0. The van der Waals surface area contributed by atoms with Crippen molar-refractivity contribution in [2.75, 3.05) is 0 Å². The number of benzene rings is 1. The van der Waals surface area contributed by atoms with Crippen LogP contribution in [0.2, 0.25) is 0 Å². The van der Waals surface area contributed by atoms with Crippen LogP contribution in [0.3, 0.4) is 0 Å². The molecule has 2 aromatic rings. The van der Waals surface area contributed by atoms with Gasteiger partial charge in [-0.2, -0.15) is 0 Å². The molecule has 0 radical (unpaired) electrons. The molecule has 0 N–H and O–H groups in total. The van der Waals surface area contributed by atoms with Crippen molar-refractivity contribution in [2.24, 2.45) is 0 Å². The van der Waals surface area contributed by atoms with Crippen LogP contribution in [0.15, 0.2) is 28.5 Å². The molecule has 0 amide bonds. The molecule has 2 rings (SSSR count). The van der Waals surface area contributed by atoms with Crippen LogP contribution in [0.25, 0.3) is 10.1 Å². The monoisotopic (exact) mass is 222 g/mol. The first-order chi connectivity index (χ1) is 6.48. The van der Waals surface area contributed by atoms with Crippen LogP contribution in [-0.2, 0) is 5.41 Å². The Morgan fingerprint density at radius 3 is 2.57 bits per heavy atom. The number of fused-ring (bicyclic) bond motifs is 1. The highest BCUT2D eigenvalue weighted by molar-refractivity contribution is 7.80. The molecule has 0 saturated carbocycles. The molecule has 0 atom stereocenters. The zero-order valence-corrected chi connectivity index (χ0v) is 10.4. The van der Waals surface area contributed by atoms with Gasteiger partial charge in [0.1, 0.15) is 0 Å². The third-order valence-electron chi connectivity index (χ3n) is 2.42. The average molecular weight is 222 g/mol. The van der Waals surface area contributed by atoms with Crippen molar-refractivity contribution in [3.8, 4) is 0 Å². The smallest absolute Gasteiger partial charge is 0.0354 e. The van der Waals surface area contributed by atoms with Gasteiger partial charge in [-0.1, -0.05) is 26.8 Å². The zero-order valence-electron chi connectivity index (χ0n) is 8.66. The molecule has 14 heavy (non-hydrogen) atoms. The van der Waals surface area contributed by atoms with Gasteiger partial charge in [-0.15, -0.1) is 24.0 Å². The minimum absolute atomic E-state index is 0.219. The zero-order chi connectivity index (χ0) is 10.3. The van der Waals surface area contributed by atoms with Gasteiger partial charge in [-0.25, -0.2) is 0 Å². The molecule has 0 aliphatic carbocycles. The van der Waals surface area contributed by atoms with Crippen LogP contribution in [-0.4, -0.2) is 0 Å². The number of thiophene rings is 1. The average Bonchev–Trinajstić information content (AvgIpc) is 2.46. The van der Waals surface area contributed by atoms with Gasteiger partial charge in [0.15, 0.2) is 0 Å². The Labute approximate surface area is 94.4 Å². The Morgan fingerprint density at radius 1 is 1.21 bits per heavy atom. The summed E-state index contributed by atoms with van der Waals surface area (Å²) < 4.78 is 1.32. The van der Waals surface area contributed by atoms with E-state index in [4.69, 9.17) is 0 Å². The molecule has 74 valence electrons. The fourth-order valence-corrected chi connectivity index (χ4v) is 2.71. The molecule has 0 saturated heterocycles. The number of hydrogen-bond acceptors (Lipinski definition) is 2. The molecule has 1 aromatic heterocycles. The Balaban J connectivity index is 2.66. The van der Waals surface area contributed by atoms with E-state index in [1.54, 1.807) is 11.3 Å². The fraction of sp³-hybridized carbons (Fsp3) is 0.333. The first kappa shape index (κ1) is 10.1. The summed E-state index contributed by atoms with van der Waals surface area (Å²) >= 11 is 6.21. The van der Waals surface area contributed by atoms with E-state index in [9.17, 15) is 0 Å². The van der Waals surface area contributed by atoms with Gasteiger partial charge in [0.2, 0.25) is 0 Å². The Hall–Kier alpha value is -0.470. The lowest BCUT2D eigenvalue weighted by Crippen LogP contribution is -2.10. The lowest BCUT2D eigenvalue weighted by Gasteiger charge is -2.18. The normalized spacial score (nSPS) is 12.3. The van der Waals surface area contributed by atoms with Gasteiger partial charge in [0, 0.05) is 20.4 Å². The third kappa shape index (κ3) is 1.69. The van der Waals surface area contributed by atoms with Gasteiger partial charge < -0.3 is 0 Å². The van der Waals surface area contributed by atoms with Crippen molar-refractivity contribution < 1.29 is 0 Å². The maximum Gasteiger partial charge on any atom is 0.0354 e. The molecule has 0 bridgehead atoms. The predicted molar refractivity (Wildman–Crippen MR) is 67.8 cm³/mol. The minimum atomic E-state index is 0.219. The van der Waals surface area contributed by atoms with Crippen LogP contribution in [0, 0.1) is 0 Å². The number of rotatable bonds is 0. The highest BCUT2D eigenvalue weighted by atomic mass is 32.1. The summed E-state index contributed by atoms with van der Waals surface area (Å²) in [5, 5.41) is 3.38. The predicted octanol–water partition coefficient (Wildman–Crippen LogP) is 4.49. The first-order valence-corrected chi connectivity index (χ1v) is 6.02. The highest BCUT2D eigenvalue weighted by Gasteiger charge is 2.14. The SMILES string of the molecule is CC(C)(C)c1ccc2scc(S)c2c1. The van der Waals surface area contributed by atoms with E-state index in [-0.39, 0.29) is 5.41 Å². The van der Waals surface area contributed by atoms with Crippen LogP contribution in [0.5, 0.6) is 0 Å². The van der Waals surface area contributed by atoms with E-state index in [1.165, 1.54) is 15.6 Å². The third-order valence-corrected chi connectivity index (χ3v) is 3.93. The minimum Gasteiger partial charge on any atom is -0.143 e. The maximum atomic E-state index is 4.45. The lowest BCUT2D eigenvalue weighted by atomic mass is 9.87. The summed E-state index contributed by atoms with van der Waals surface area (Å²) in [4.78, 5) is 1.09. The van der Waals surface area contributed by atoms with Gasteiger partial charge in [-0.05, 0) is 23.1 Å². The largest absolute Gasteiger partial charge is 0.143 e. The van der Waals surface area contributed by atoms with Gasteiger partial charge in [0.25, 0.3) is 0 Å². The van der Waals surface area contributed by atoms with Gasteiger partial charge in [0.05, 0.1) is 0 Å². The maximum absolute atomic E-state index is 4.45. The summed E-state index contributed by atoms with van der Waals surface area (Å²) in [6.45, 7) is 6.70. The van der Waals surface area contributed by atoms with E-state index < -0.39 is 0 Å². The molecule has 0 fully saturated rings. The second-order valence-electron chi connectivity index (χ2n) is 4.58.